The van der Waals surface area contributed by atoms with E-state index in [2.05, 4.69) is 55.1 Å². The summed E-state index contributed by atoms with van der Waals surface area (Å²) in [5, 5.41) is 16.6. The number of aliphatic hydroxyl groups excluding tert-OH is 1. The van der Waals surface area contributed by atoms with Crippen molar-refractivity contribution in [2.75, 3.05) is 19.6 Å². The van der Waals surface area contributed by atoms with Crippen LogP contribution in [0.5, 0.6) is 0 Å². The van der Waals surface area contributed by atoms with Gasteiger partial charge in [-0.1, -0.05) is 139 Å². The van der Waals surface area contributed by atoms with Crippen molar-refractivity contribution in [3.63, 3.8) is 0 Å². The van der Waals surface area contributed by atoms with Gasteiger partial charge < -0.3 is 10.0 Å². The van der Waals surface area contributed by atoms with Crippen LogP contribution in [0.15, 0.2) is 48.5 Å². The second-order valence-electron chi connectivity index (χ2n) is 10.9. The molecule has 0 saturated heterocycles. The van der Waals surface area contributed by atoms with E-state index < -0.39 is 6.10 Å². The minimum Gasteiger partial charge on any atom is -0.387 e. The number of halogens is 1. The summed E-state index contributed by atoms with van der Waals surface area (Å²) >= 11 is 6.54. The first kappa shape index (κ1) is 29.9. The Bertz CT molecular complexity index is 1030. The van der Waals surface area contributed by atoms with E-state index in [1.807, 2.05) is 12.1 Å². The third-order valence-electron chi connectivity index (χ3n) is 7.81. The summed E-state index contributed by atoms with van der Waals surface area (Å²) < 4.78 is 0. The normalized spacial score (nSPS) is 12.7. The van der Waals surface area contributed by atoms with Crippen LogP contribution in [-0.2, 0) is 0 Å². The van der Waals surface area contributed by atoms with Crippen molar-refractivity contribution in [3.05, 3.63) is 59.1 Å². The molecule has 1 atom stereocenters. The molecule has 0 aromatic heterocycles. The highest BCUT2D eigenvalue weighted by atomic mass is 35.5. The van der Waals surface area contributed by atoms with E-state index in [1.54, 1.807) is 0 Å². The second kappa shape index (κ2) is 17.1. The molecular weight excluding hydrogens is 474 g/mol. The molecule has 0 saturated carbocycles. The van der Waals surface area contributed by atoms with Gasteiger partial charge in [0.1, 0.15) is 0 Å². The van der Waals surface area contributed by atoms with Crippen LogP contribution < -0.4 is 0 Å². The van der Waals surface area contributed by atoms with Crippen LogP contribution in [0.2, 0.25) is 5.02 Å². The Morgan fingerprint density at radius 3 is 1.78 bits per heavy atom. The molecule has 3 heteroatoms. The molecule has 204 valence electrons. The summed E-state index contributed by atoms with van der Waals surface area (Å²) in [6, 6.07) is 16.7. The second-order valence-corrected chi connectivity index (χ2v) is 11.4. The Morgan fingerprint density at radius 2 is 1.19 bits per heavy atom. The summed E-state index contributed by atoms with van der Waals surface area (Å²) in [5.74, 6) is 0. The topological polar surface area (TPSA) is 23.5 Å². The Kier molecular flexibility index (Phi) is 13.8. The minimum atomic E-state index is -0.479. The molecule has 0 fully saturated rings. The van der Waals surface area contributed by atoms with Crippen LogP contribution in [0.25, 0.3) is 21.5 Å². The fourth-order valence-corrected chi connectivity index (χ4v) is 5.79. The van der Waals surface area contributed by atoms with Crippen molar-refractivity contribution in [3.8, 4) is 0 Å². The zero-order valence-electron chi connectivity index (χ0n) is 23.5. The van der Waals surface area contributed by atoms with Gasteiger partial charge in [0.15, 0.2) is 0 Å². The molecule has 0 bridgehead atoms. The Hall–Kier alpha value is -1.61. The van der Waals surface area contributed by atoms with Crippen LogP contribution in [0.4, 0.5) is 0 Å². The Balaban J connectivity index is 1.61. The summed E-state index contributed by atoms with van der Waals surface area (Å²) in [4.78, 5) is 2.52. The third-order valence-corrected chi connectivity index (χ3v) is 8.12. The SMILES string of the molecule is CCCCCCCCCN(CCCCCCCCC)C[C@@H](O)c1ccc2cc(Cl)c3ccccc3c2c1. The van der Waals surface area contributed by atoms with Gasteiger partial charge in [-0.3, -0.25) is 0 Å². The standard InChI is InChI=1S/C34H50ClNO/c1-3-5-7-9-11-13-17-23-36(24-18-14-12-10-8-6-4-2)27-34(37)29-22-21-28-26-33(35)31-20-16-15-19-30(31)32(28)25-29/h15-16,19-22,25-26,34,37H,3-14,17-18,23-24,27H2,1-2H3/t34-/m1/s1. The molecule has 0 spiro atoms. The number of rotatable bonds is 19. The lowest BCUT2D eigenvalue weighted by atomic mass is 9.98. The first-order valence-electron chi connectivity index (χ1n) is 15.1. The van der Waals surface area contributed by atoms with Crippen LogP contribution in [0, 0.1) is 0 Å². The summed E-state index contributed by atoms with van der Waals surface area (Å²) in [6.07, 6.45) is 18.1. The molecule has 37 heavy (non-hydrogen) atoms. The smallest absolute Gasteiger partial charge is 0.0917 e. The molecule has 0 amide bonds. The van der Waals surface area contributed by atoms with Gasteiger partial charge in [-0.25, -0.2) is 0 Å². The molecule has 3 aromatic carbocycles. The molecule has 0 aliphatic rings. The van der Waals surface area contributed by atoms with Crippen molar-refractivity contribution in [1.82, 2.24) is 4.90 Å². The molecule has 0 heterocycles. The first-order valence-corrected chi connectivity index (χ1v) is 15.5. The molecular formula is C34H50ClNO. The zero-order chi connectivity index (χ0) is 26.3. The summed E-state index contributed by atoms with van der Waals surface area (Å²) in [5.41, 5.74) is 1.00. The number of nitrogens with zero attached hydrogens (tertiary/aromatic N) is 1. The Morgan fingerprint density at radius 1 is 0.649 bits per heavy atom. The number of hydrogen-bond donors (Lipinski definition) is 1. The molecule has 0 unspecified atom stereocenters. The Labute approximate surface area is 231 Å². The van der Waals surface area contributed by atoms with E-state index in [4.69, 9.17) is 11.6 Å². The van der Waals surface area contributed by atoms with E-state index in [0.717, 1.165) is 39.8 Å². The van der Waals surface area contributed by atoms with Gasteiger partial charge in [0, 0.05) is 17.0 Å². The largest absolute Gasteiger partial charge is 0.387 e. The summed E-state index contributed by atoms with van der Waals surface area (Å²) in [6.45, 7) is 7.45. The van der Waals surface area contributed by atoms with Crippen LogP contribution in [-0.4, -0.2) is 29.6 Å². The maximum absolute atomic E-state index is 11.3. The average Bonchev–Trinajstić information content (AvgIpc) is 2.91. The highest BCUT2D eigenvalue weighted by Gasteiger charge is 2.15. The lowest BCUT2D eigenvalue weighted by Gasteiger charge is -2.26. The van der Waals surface area contributed by atoms with E-state index in [-0.39, 0.29) is 0 Å². The van der Waals surface area contributed by atoms with Crippen molar-refractivity contribution in [2.24, 2.45) is 0 Å². The van der Waals surface area contributed by atoms with E-state index in [0.29, 0.717) is 6.54 Å². The van der Waals surface area contributed by atoms with E-state index >= 15 is 0 Å². The van der Waals surface area contributed by atoms with Gasteiger partial charge in [0.25, 0.3) is 0 Å². The van der Waals surface area contributed by atoms with Crippen LogP contribution >= 0.6 is 11.6 Å². The van der Waals surface area contributed by atoms with Gasteiger partial charge >= 0.3 is 0 Å². The van der Waals surface area contributed by atoms with Crippen molar-refractivity contribution in [1.29, 1.82) is 0 Å². The lowest BCUT2D eigenvalue weighted by Crippen LogP contribution is -2.31. The molecule has 0 radical (unpaired) electrons. The first-order chi connectivity index (χ1) is 18.1. The number of benzene rings is 3. The molecule has 1 N–H and O–H groups in total. The van der Waals surface area contributed by atoms with Gasteiger partial charge in [-0.2, -0.15) is 0 Å². The summed E-state index contributed by atoms with van der Waals surface area (Å²) in [7, 11) is 0. The lowest BCUT2D eigenvalue weighted by molar-refractivity contribution is 0.110. The minimum absolute atomic E-state index is 0.479. The molecule has 2 nitrogen and oxygen atoms in total. The monoisotopic (exact) mass is 523 g/mol. The van der Waals surface area contributed by atoms with Crippen LogP contribution in [0.3, 0.4) is 0 Å². The van der Waals surface area contributed by atoms with E-state index in [9.17, 15) is 5.11 Å². The number of hydrogen-bond acceptors (Lipinski definition) is 2. The maximum Gasteiger partial charge on any atom is 0.0917 e. The van der Waals surface area contributed by atoms with Gasteiger partial charge in [-0.05, 0) is 59.8 Å². The van der Waals surface area contributed by atoms with Crippen LogP contribution in [0.1, 0.15) is 115 Å². The highest BCUT2D eigenvalue weighted by molar-refractivity contribution is 6.37. The van der Waals surface area contributed by atoms with Crippen molar-refractivity contribution in [2.45, 2.75) is 110 Å². The predicted molar refractivity (Wildman–Crippen MR) is 164 cm³/mol. The van der Waals surface area contributed by atoms with Gasteiger partial charge in [-0.15, -0.1) is 0 Å². The fourth-order valence-electron chi connectivity index (χ4n) is 5.51. The van der Waals surface area contributed by atoms with Gasteiger partial charge in [0.05, 0.1) is 6.10 Å². The quantitative estimate of drug-likeness (QED) is 0.125. The van der Waals surface area contributed by atoms with Gasteiger partial charge in [0.2, 0.25) is 0 Å². The molecule has 3 rings (SSSR count). The predicted octanol–water partition coefficient (Wildman–Crippen LogP) is 10.5. The number of aliphatic hydroxyl groups is 1. The third kappa shape index (κ3) is 9.89. The molecule has 0 aliphatic carbocycles. The maximum atomic E-state index is 11.3. The van der Waals surface area contributed by atoms with Crippen molar-refractivity contribution < 1.29 is 5.11 Å². The number of unbranched alkanes of at least 4 members (excludes halogenated alkanes) is 12. The van der Waals surface area contributed by atoms with E-state index in [1.165, 1.54) is 95.3 Å². The number of fused-ring (bicyclic) bond motifs is 3. The fraction of sp³-hybridized carbons (Fsp3) is 0.588. The highest BCUT2D eigenvalue weighted by Crippen LogP contribution is 2.33. The molecule has 3 aromatic rings. The molecule has 0 aliphatic heterocycles. The zero-order valence-corrected chi connectivity index (χ0v) is 24.2. The average molecular weight is 524 g/mol. The van der Waals surface area contributed by atoms with Crippen molar-refractivity contribution >= 4 is 33.1 Å².